The summed E-state index contributed by atoms with van der Waals surface area (Å²) in [4.78, 5) is 2.10. The number of aromatic nitrogens is 5. The highest BCUT2D eigenvalue weighted by atomic mass is 35.5. The van der Waals surface area contributed by atoms with Gasteiger partial charge >= 0.3 is 0 Å². The molecule has 0 radical (unpaired) electrons. The number of rotatable bonds is 6. The molecule has 7 nitrogen and oxygen atoms in total. The Morgan fingerprint density at radius 2 is 2.26 bits per heavy atom. The molecule has 0 aliphatic carbocycles. The van der Waals surface area contributed by atoms with E-state index in [4.69, 9.17) is 11.6 Å². The fourth-order valence-corrected chi connectivity index (χ4v) is 2.16. The summed E-state index contributed by atoms with van der Waals surface area (Å²) in [6.45, 7) is 1.66. The zero-order chi connectivity index (χ0) is 13.8. The van der Waals surface area contributed by atoms with Gasteiger partial charge in [0.25, 0.3) is 0 Å². The van der Waals surface area contributed by atoms with Crippen LogP contribution < -0.4 is 5.32 Å². The molecule has 8 heteroatoms. The Labute approximate surface area is 116 Å². The lowest BCUT2D eigenvalue weighted by Gasteiger charge is -2.17. The number of hydrogen-bond donors (Lipinski definition) is 2. The zero-order valence-corrected chi connectivity index (χ0v) is 12.0. The van der Waals surface area contributed by atoms with Crippen LogP contribution in [0.25, 0.3) is 0 Å². The van der Waals surface area contributed by atoms with E-state index in [9.17, 15) is 0 Å². The molecule has 0 fully saturated rings. The second-order valence-electron chi connectivity index (χ2n) is 4.52. The van der Waals surface area contributed by atoms with Crippen LogP contribution in [0.3, 0.4) is 0 Å². The molecule has 0 amide bonds. The van der Waals surface area contributed by atoms with Gasteiger partial charge in [-0.25, -0.2) is 0 Å². The number of likely N-dealkylation sites (N-methyl/N-ethyl adjacent to an activating group) is 1. The Kier molecular flexibility index (Phi) is 4.52. The van der Waals surface area contributed by atoms with Gasteiger partial charge in [0.2, 0.25) is 0 Å². The maximum absolute atomic E-state index is 6.26. The Morgan fingerprint density at radius 1 is 1.47 bits per heavy atom. The number of nitrogens with one attached hydrogen (secondary N) is 2. The van der Waals surface area contributed by atoms with Gasteiger partial charge < -0.3 is 10.2 Å². The van der Waals surface area contributed by atoms with E-state index in [0.717, 1.165) is 24.5 Å². The van der Waals surface area contributed by atoms with E-state index in [1.54, 1.807) is 12.4 Å². The molecule has 2 aromatic rings. The van der Waals surface area contributed by atoms with Gasteiger partial charge in [0.1, 0.15) is 5.69 Å². The van der Waals surface area contributed by atoms with Crippen molar-refractivity contribution in [2.75, 3.05) is 27.7 Å². The van der Waals surface area contributed by atoms with Crippen molar-refractivity contribution >= 4 is 11.6 Å². The summed E-state index contributed by atoms with van der Waals surface area (Å²) in [5.74, 6) is 0. The molecule has 0 saturated carbocycles. The van der Waals surface area contributed by atoms with Gasteiger partial charge in [-0.15, -0.1) is 0 Å². The van der Waals surface area contributed by atoms with E-state index in [2.05, 4.69) is 30.7 Å². The van der Waals surface area contributed by atoms with Crippen molar-refractivity contribution < 1.29 is 0 Å². The standard InChI is InChI=1S/C11H18ClN7/c1-13-10(9-7-14-17-16-9)11-8(12)6-15-19(11)5-4-18(2)3/h6-7,10,13H,4-5H2,1-3H3,(H,14,16,17). The van der Waals surface area contributed by atoms with Crippen LogP contribution in [0.15, 0.2) is 12.4 Å². The Balaban J connectivity index is 2.29. The Bertz CT molecular complexity index is 505. The highest BCUT2D eigenvalue weighted by Gasteiger charge is 2.22. The van der Waals surface area contributed by atoms with Gasteiger partial charge in [0.15, 0.2) is 0 Å². The van der Waals surface area contributed by atoms with Crippen LogP contribution >= 0.6 is 11.6 Å². The largest absolute Gasteiger partial charge is 0.308 e. The molecule has 19 heavy (non-hydrogen) atoms. The third-order valence-corrected chi connectivity index (χ3v) is 3.18. The minimum absolute atomic E-state index is 0.129. The summed E-state index contributed by atoms with van der Waals surface area (Å²) >= 11 is 6.26. The maximum atomic E-state index is 6.26. The first-order valence-corrected chi connectivity index (χ1v) is 6.40. The fraction of sp³-hybridized carbons (Fsp3) is 0.545. The summed E-state index contributed by atoms with van der Waals surface area (Å²) in [5.41, 5.74) is 1.69. The van der Waals surface area contributed by atoms with Crippen molar-refractivity contribution in [1.29, 1.82) is 0 Å². The van der Waals surface area contributed by atoms with Crippen LogP contribution in [-0.4, -0.2) is 57.8 Å². The smallest absolute Gasteiger partial charge is 0.106 e. The molecule has 0 bridgehead atoms. The topological polar surface area (TPSA) is 74.7 Å². The Morgan fingerprint density at radius 3 is 2.84 bits per heavy atom. The van der Waals surface area contributed by atoms with Crippen molar-refractivity contribution in [3.8, 4) is 0 Å². The SMILES string of the molecule is CNC(c1cn[nH]n1)c1c(Cl)cnn1CCN(C)C. The van der Waals surface area contributed by atoms with Gasteiger partial charge in [-0.05, 0) is 21.1 Å². The molecule has 1 unspecified atom stereocenters. The second-order valence-corrected chi connectivity index (χ2v) is 4.93. The molecule has 0 aliphatic heterocycles. The fourth-order valence-electron chi connectivity index (χ4n) is 1.91. The monoisotopic (exact) mass is 283 g/mol. The highest BCUT2D eigenvalue weighted by Crippen LogP contribution is 2.26. The molecular weight excluding hydrogens is 266 g/mol. The first kappa shape index (κ1) is 14.0. The van der Waals surface area contributed by atoms with E-state index >= 15 is 0 Å². The minimum Gasteiger partial charge on any atom is -0.308 e. The molecule has 0 aliphatic rings. The Hall–Kier alpha value is -1.44. The lowest BCUT2D eigenvalue weighted by molar-refractivity contribution is 0.366. The average molecular weight is 284 g/mol. The summed E-state index contributed by atoms with van der Waals surface area (Å²) in [6.07, 6.45) is 3.34. The van der Waals surface area contributed by atoms with Crippen LogP contribution in [0, 0.1) is 0 Å². The van der Waals surface area contributed by atoms with Gasteiger partial charge in [0.05, 0.1) is 35.7 Å². The lowest BCUT2D eigenvalue weighted by Crippen LogP contribution is -2.25. The normalized spacial score (nSPS) is 13.1. The first-order chi connectivity index (χ1) is 9.13. The average Bonchev–Trinajstić information content (AvgIpc) is 3.00. The van der Waals surface area contributed by atoms with Crippen molar-refractivity contribution in [2.45, 2.75) is 12.6 Å². The lowest BCUT2D eigenvalue weighted by atomic mass is 10.1. The third-order valence-electron chi connectivity index (χ3n) is 2.88. The molecule has 2 N–H and O–H groups in total. The van der Waals surface area contributed by atoms with Crippen LogP contribution in [-0.2, 0) is 6.54 Å². The van der Waals surface area contributed by atoms with Crippen molar-refractivity contribution in [1.82, 2.24) is 35.4 Å². The quantitative estimate of drug-likeness (QED) is 0.809. The predicted octanol–water partition coefficient (Wildman–Crippen LogP) is 0.525. The molecule has 104 valence electrons. The summed E-state index contributed by atoms with van der Waals surface area (Å²) in [6, 6.07) is -0.129. The van der Waals surface area contributed by atoms with Gasteiger partial charge in [0, 0.05) is 6.54 Å². The number of halogens is 1. The van der Waals surface area contributed by atoms with Gasteiger partial charge in [-0.3, -0.25) is 4.68 Å². The van der Waals surface area contributed by atoms with E-state index in [1.807, 2.05) is 25.8 Å². The van der Waals surface area contributed by atoms with E-state index in [0.29, 0.717) is 5.02 Å². The first-order valence-electron chi connectivity index (χ1n) is 6.02. The molecule has 2 aromatic heterocycles. The summed E-state index contributed by atoms with van der Waals surface area (Å²) in [5, 5.41) is 18.7. The maximum Gasteiger partial charge on any atom is 0.106 e. The van der Waals surface area contributed by atoms with Crippen LogP contribution in [0.4, 0.5) is 0 Å². The number of aromatic amines is 1. The molecule has 0 saturated heterocycles. The van der Waals surface area contributed by atoms with Crippen molar-refractivity contribution in [2.24, 2.45) is 0 Å². The molecule has 2 heterocycles. The third kappa shape index (κ3) is 3.12. The molecule has 1 atom stereocenters. The van der Waals surface area contributed by atoms with E-state index in [1.165, 1.54) is 0 Å². The van der Waals surface area contributed by atoms with E-state index in [-0.39, 0.29) is 6.04 Å². The number of nitrogens with zero attached hydrogens (tertiary/aromatic N) is 5. The molecular formula is C11H18ClN7. The highest BCUT2D eigenvalue weighted by molar-refractivity contribution is 6.31. The molecule has 0 spiro atoms. The molecule has 0 aromatic carbocycles. The minimum atomic E-state index is -0.129. The summed E-state index contributed by atoms with van der Waals surface area (Å²) < 4.78 is 1.90. The van der Waals surface area contributed by atoms with Crippen LogP contribution in [0.2, 0.25) is 5.02 Å². The molecule has 2 rings (SSSR count). The van der Waals surface area contributed by atoms with Crippen molar-refractivity contribution in [3.05, 3.63) is 28.8 Å². The predicted molar refractivity (Wildman–Crippen MR) is 73.1 cm³/mol. The zero-order valence-electron chi connectivity index (χ0n) is 11.3. The van der Waals surface area contributed by atoms with Gasteiger partial charge in [-0.1, -0.05) is 11.6 Å². The number of H-pyrrole nitrogens is 1. The van der Waals surface area contributed by atoms with Gasteiger partial charge in [-0.2, -0.15) is 20.5 Å². The summed E-state index contributed by atoms with van der Waals surface area (Å²) in [7, 11) is 5.91. The van der Waals surface area contributed by atoms with E-state index < -0.39 is 0 Å². The van der Waals surface area contributed by atoms with Crippen LogP contribution in [0.5, 0.6) is 0 Å². The van der Waals surface area contributed by atoms with Crippen molar-refractivity contribution in [3.63, 3.8) is 0 Å². The van der Waals surface area contributed by atoms with Crippen LogP contribution in [0.1, 0.15) is 17.4 Å². The number of hydrogen-bond acceptors (Lipinski definition) is 5. The second kappa shape index (κ2) is 6.14.